The van der Waals surface area contributed by atoms with Gasteiger partial charge < -0.3 is 0 Å². The van der Waals surface area contributed by atoms with Crippen LogP contribution in [0.5, 0.6) is 0 Å². The van der Waals surface area contributed by atoms with Crippen LogP contribution in [0.15, 0.2) is 209 Å². The van der Waals surface area contributed by atoms with Crippen LogP contribution in [0.4, 0.5) is 0 Å². The van der Waals surface area contributed by atoms with Gasteiger partial charge in [-0.15, -0.1) is 0 Å². The molecule has 0 aliphatic heterocycles. The normalized spacial score (nSPS) is 10.8. The predicted molar refractivity (Wildman–Crippen MR) is 174 cm³/mol. The quantitative estimate of drug-likeness (QED) is 0.163. The van der Waals surface area contributed by atoms with E-state index in [9.17, 15) is 0 Å². The number of hydrogen-bond donors (Lipinski definition) is 0. The topological polar surface area (TPSA) is 0 Å². The standard InChI is InChI=1S/C36H28S3.CH4/c1-5-13-31(14-6-1)38(32-15-7-2-8-16-32)35-25-21-29(22-26-35)37-30-23-27-36(28-24-30)39(33-17-9-3-10-18-33)34-19-11-4-12-20-34;/h1-28H;1H4/q+2;. The third-order valence-electron chi connectivity index (χ3n) is 6.27. The number of benzene rings is 6. The lowest BCUT2D eigenvalue weighted by Crippen LogP contribution is -2.04. The molecule has 196 valence electrons. The minimum absolute atomic E-state index is 0. The third-order valence-corrected chi connectivity index (χ3v) is 11.7. The Morgan fingerprint density at radius 1 is 0.275 bits per heavy atom. The zero-order chi connectivity index (χ0) is 26.3. The van der Waals surface area contributed by atoms with Crippen LogP contribution in [-0.4, -0.2) is 0 Å². The summed E-state index contributed by atoms with van der Waals surface area (Å²) < 4.78 is 0. The van der Waals surface area contributed by atoms with Crippen molar-refractivity contribution >= 4 is 33.6 Å². The molecule has 3 heteroatoms. The fourth-order valence-corrected chi connectivity index (χ4v) is 9.45. The van der Waals surface area contributed by atoms with Crippen molar-refractivity contribution in [2.75, 3.05) is 0 Å². The molecule has 0 amide bonds. The molecule has 6 aromatic rings. The van der Waals surface area contributed by atoms with Crippen molar-refractivity contribution in [3.05, 3.63) is 170 Å². The molecule has 0 saturated heterocycles. The van der Waals surface area contributed by atoms with Gasteiger partial charge in [-0.05, 0) is 97.1 Å². The summed E-state index contributed by atoms with van der Waals surface area (Å²) in [7, 11) is -0.245. The highest BCUT2D eigenvalue weighted by atomic mass is 32.2. The smallest absolute Gasteiger partial charge is 0.0901 e. The first-order valence-corrected chi connectivity index (χ1v) is 16.2. The van der Waals surface area contributed by atoms with Gasteiger partial charge in [0, 0.05) is 9.79 Å². The summed E-state index contributed by atoms with van der Waals surface area (Å²) in [5.74, 6) is 0. The first kappa shape index (κ1) is 27.9. The van der Waals surface area contributed by atoms with E-state index in [1.165, 1.54) is 39.2 Å². The molecule has 0 N–H and O–H groups in total. The van der Waals surface area contributed by atoms with Gasteiger partial charge in [-0.25, -0.2) is 0 Å². The molecule has 0 nitrogen and oxygen atoms in total. The van der Waals surface area contributed by atoms with Crippen LogP contribution >= 0.6 is 11.8 Å². The molecule has 0 aliphatic rings. The zero-order valence-corrected chi connectivity index (χ0v) is 23.8. The Hall–Kier alpha value is -3.63. The highest BCUT2D eigenvalue weighted by Gasteiger charge is 2.29. The van der Waals surface area contributed by atoms with Crippen LogP contribution in [0.1, 0.15) is 7.43 Å². The first-order valence-electron chi connectivity index (χ1n) is 12.9. The summed E-state index contributed by atoms with van der Waals surface area (Å²) >= 11 is 1.82. The maximum absolute atomic E-state index is 2.29. The van der Waals surface area contributed by atoms with Crippen molar-refractivity contribution in [3.8, 4) is 0 Å². The Labute approximate surface area is 248 Å². The highest BCUT2D eigenvalue weighted by Crippen LogP contribution is 2.36. The number of rotatable bonds is 8. The van der Waals surface area contributed by atoms with E-state index in [1.54, 1.807) is 0 Å². The molecule has 0 radical (unpaired) electrons. The molecular weight excluding hydrogens is 541 g/mol. The lowest BCUT2D eigenvalue weighted by molar-refractivity contribution is 1.27. The Morgan fingerprint density at radius 3 is 0.750 bits per heavy atom. The van der Waals surface area contributed by atoms with E-state index < -0.39 is 0 Å². The summed E-state index contributed by atoms with van der Waals surface area (Å²) in [5, 5.41) is 0. The average molecular weight is 573 g/mol. The molecule has 0 atom stereocenters. The molecule has 6 aromatic carbocycles. The van der Waals surface area contributed by atoms with E-state index in [4.69, 9.17) is 0 Å². The fraction of sp³-hybridized carbons (Fsp3) is 0.0270. The summed E-state index contributed by atoms with van der Waals surface area (Å²) in [6, 6.07) is 61.5. The van der Waals surface area contributed by atoms with Crippen molar-refractivity contribution < 1.29 is 0 Å². The van der Waals surface area contributed by atoms with Crippen LogP contribution in [0.25, 0.3) is 0 Å². The van der Waals surface area contributed by atoms with Gasteiger partial charge in [0.1, 0.15) is 0 Å². The molecule has 0 bridgehead atoms. The predicted octanol–water partition coefficient (Wildman–Crippen LogP) is 10.7. The Morgan fingerprint density at radius 2 is 0.500 bits per heavy atom. The van der Waals surface area contributed by atoms with E-state index >= 15 is 0 Å². The Balaban J connectivity index is 0.00000323. The third kappa shape index (κ3) is 6.56. The Kier molecular flexibility index (Phi) is 9.51. The van der Waals surface area contributed by atoms with E-state index in [-0.39, 0.29) is 29.2 Å². The maximum atomic E-state index is 2.29. The van der Waals surface area contributed by atoms with E-state index in [2.05, 4.69) is 170 Å². The molecule has 0 unspecified atom stereocenters. The monoisotopic (exact) mass is 572 g/mol. The van der Waals surface area contributed by atoms with Crippen molar-refractivity contribution in [1.29, 1.82) is 0 Å². The van der Waals surface area contributed by atoms with Gasteiger partial charge >= 0.3 is 0 Å². The number of hydrogen-bond acceptors (Lipinski definition) is 1. The lowest BCUT2D eigenvalue weighted by atomic mass is 10.3. The molecular formula is C37H32S3+2. The van der Waals surface area contributed by atoms with Crippen molar-refractivity contribution in [2.45, 2.75) is 46.6 Å². The highest BCUT2D eigenvalue weighted by molar-refractivity contribution is 7.99. The van der Waals surface area contributed by atoms with Gasteiger partial charge in [-0.3, -0.25) is 0 Å². The summed E-state index contributed by atoms with van der Waals surface area (Å²) in [6.45, 7) is 0. The first-order chi connectivity index (χ1) is 19.3. The minimum Gasteiger partial charge on any atom is -0.0901 e. The largest absolute Gasteiger partial charge is 0.166 e. The molecule has 6 rings (SSSR count). The average Bonchev–Trinajstić information content (AvgIpc) is 3.01. The molecule has 0 fully saturated rings. The van der Waals surface area contributed by atoms with Crippen molar-refractivity contribution in [1.82, 2.24) is 0 Å². The van der Waals surface area contributed by atoms with Gasteiger partial charge in [-0.1, -0.05) is 92.0 Å². The van der Waals surface area contributed by atoms with Gasteiger partial charge in [0.15, 0.2) is 29.4 Å². The molecule has 0 aliphatic carbocycles. The lowest BCUT2D eigenvalue weighted by Gasteiger charge is -2.10. The second-order valence-corrected chi connectivity index (χ2v) is 14.1. The van der Waals surface area contributed by atoms with Crippen LogP contribution in [0.3, 0.4) is 0 Å². The van der Waals surface area contributed by atoms with Crippen LogP contribution < -0.4 is 0 Å². The van der Waals surface area contributed by atoms with Gasteiger partial charge in [-0.2, -0.15) is 0 Å². The summed E-state index contributed by atoms with van der Waals surface area (Å²) in [6.07, 6.45) is 0. The zero-order valence-electron chi connectivity index (χ0n) is 21.4. The minimum atomic E-state index is -0.123. The molecule has 0 spiro atoms. The molecule has 40 heavy (non-hydrogen) atoms. The maximum Gasteiger partial charge on any atom is 0.166 e. The van der Waals surface area contributed by atoms with E-state index in [0.717, 1.165) is 0 Å². The Bertz CT molecular complexity index is 1380. The van der Waals surface area contributed by atoms with Crippen LogP contribution in [-0.2, 0) is 21.8 Å². The van der Waals surface area contributed by atoms with Crippen LogP contribution in [0, 0.1) is 0 Å². The van der Waals surface area contributed by atoms with Crippen molar-refractivity contribution in [2.24, 2.45) is 0 Å². The van der Waals surface area contributed by atoms with Gasteiger partial charge in [0.2, 0.25) is 0 Å². The second-order valence-electron chi connectivity index (χ2n) is 8.91. The summed E-state index contributed by atoms with van der Waals surface area (Å²) in [4.78, 5) is 10.5. The van der Waals surface area contributed by atoms with E-state index in [0.29, 0.717) is 0 Å². The van der Waals surface area contributed by atoms with Crippen molar-refractivity contribution in [3.63, 3.8) is 0 Å². The van der Waals surface area contributed by atoms with Gasteiger partial charge in [0.25, 0.3) is 0 Å². The van der Waals surface area contributed by atoms with Gasteiger partial charge in [0.05, 0.1) is 21.8 Å². The molecule has 0 heterocycles. The second kappa shape index (κ2) is 13.6. The fourth-order valence-electron chi connectivity index (χ4n) is 4.47. The molecule has 0 aromatic heterocycles. The summed E-state index contributed by atoms with van der Waals surface area (Å²) in [5.41, 5.74) is 0. The van der Waals surface area contributed by atoms with E-state index in [1.807, 2.05) is 11.8 Å². The van der Waals surface area contributed by atoms with Crippen LogP contribution in [0.2, 0.25) is 0 Å². The molecule has 0 saturated carbocycles. The SMILES string of the molecule is C.c1ccc([S+](c2ccccc2)c2ccc(Sc3ccc([S+](c4ccccc4)c4ccccc4)cc3)cc2)cc1.